The predicted molar refractivity (Wildman–Crippen MR) is 76.5 cm³/mol. The maximum Gasteiger partial charge on any atom is 0.160 e. The molecule has 0 fully saturated rings. The molecule has 2 rings (SSSR count). The van der Waals surface area contributed by atoms with Gasteiger partial charge in [0, 0.05) is 32.9 Å². The highest BCUT2D eigenvalue weighted by atomic mass is 35.5. The number of hydrogen-bond donors (Lipinski definition) is 0. The van der Waals surface area contributed by atoms with Crippen LogP contribution in [0, 0.1) is 0 Å². The van der Waals surface area contributed by atoms with Crippen LogP contribution in [0.2, 0.25) is 0 Å². The minimum absolute atomic E-state index is 0.401. The minimum Gasteiger partial charge on any atom is -0.383 e. The molecule has 2 aromatic heterocycles. The minimum atomic E-state index is 0.401. The second-order valence-electron chi connectivity index (χ2n) is 4.46. The van der Waals surface area contributed by atoms with Gasteiger partial charge in [0.25, 0.3) is 0 Å². The lowest BCUT2D eigenvalue weighted by Crippen LogP contribution is -2.27. The van der Waals surface area contributed by atoms with Gasteiger partial charge >= 0.3 is 0 Å². The Bertz CT molecular complexity index is 528. The zero-order valence-electron chi connectivity index (χ0n) is 11.3. The number of halogens is 1. The van der Waals surface area contributed by atoms with Gasteiger partial charge in [0.2, 0.25) is 0 Å². The fraction of sp³-hybridized carbons (Fsp3) is 0.538. The quantitative estimate of drug-likeness (QED) is 0.726. The van der Waals surface area contributed by atoms with Crippen molar-refractivity contribution in [2.45, 2.75) is 12.4 Å². The summed E-state index contributed by atoms with van der Waals surface area (Å²) in [6.45, 7) is 3.39. The number of imidazole rings is 1. The number of pyridine rings is 1. The lowest BCUT2D eigenvalue weighted by molar-refractivity contribution is 0.159. The van der Waals surface area contributed by atoms with Crippen LogP contribution in [0.4, 0.5) is 0 Å². The van der Waals surface area contributed by atoms with E-state index in [-0.39, 0.29) is 0 Å². The van der Waals surface area contributed by atoms with Crippen molar-refractivity contribution in [2.75, 3.05) is 33.9 Å². The highest BCUT2D eigenvalue weighted by Gasteiger charge is 2.10. The first-order valence-electron chi connectivity index (χ1n) is 6.30. The van der Waals surface area contributed by atoms with E-state index in [0.717, 1.165) is 43.2 Å². The van der Waals surface area contributed by atoms with Crippen molar-refractivity contribution in [3.63, 3.8) is 0 Å². The molecule has 6 heteroatoms. The van der Waals surface area contributed by atoms with E-state index in [1.165, 1.54) is 0 Å². The van der Waals surface area contributed by atoms with Crippen LogP contribution >= 0.6 is 11.6 Å². The summed E-state index contributed by atoms with van der Waals surface area (Å²) >= 11 is 5.96. The molecular formula is C13H19ClN4O. The van der Waals surface area contributed by atoms with Crippen molar-refractivity contribution in [2.24, 2.45) is 0 Å². The van der Waals surface area contributed by atoms with Gasteiger partial charge in [0.1, 0.15) is 11.3 Å². The smallest absolute Gasteiger partial charge is 0.160 e. The SMILES string of the molecule is COCCN(C)CCn1c(CCl)nc2cccnc21. The van der Waals surface area contributed by atoms with Crippen LogP contribution in [0.15, 0.2) is 18.3 Å². The molecule has 0 bridgehead atoms. The van der Waals surface area contributed by atoms with Gasteiger partial charge in [-0.3, -0.25) is 0 Å². The fourth-order valence-electron chi connectivity index (χ4n) is 1.97. The van der Waals surface area contributed by atoms with Gasteiger partial charge in [-0.1, -0.05) is 0 Å². The van der Waals surface area contributed by atoms with E-state index in [4.69, 9.17) is 16.3 Å². The average Bonchev–Trinajstić information content (AvgIpc) is 2.80. The van der Waals surface area contributed by atoms with Gasteiger partial charge in [-0.05, 0) is 19.2 Å². The molecule has 0 unspecified atom stereocenters. The summed E-state index contributed by atoms with van der Waals surface area (Å²) in [5, 5.41) is 0. The molecule has 0 atom stereocenters. The molecule has 0 amide bonds. The molecule has 0 aliphatic heterocycles. The first-order valence-corrected chi connectivity index (χ1v) is 6.83. The van der Waals surface area contributed by atoms with Crippen molar-refractivity contribution < 1.29 is 4.74 Å². The number of nitrogens with zero attached hydrogens (tertiary/aromatic N) is 4. The van der Waals surface area contributed by atoms with Crippen LogP contribution in [-0.2, 0) is 17.2 Å². The van der Waals surface area contributed by atoms with E-state index in [1.54, 1.807) is 13.3 Å². The summed E-state index contributed by atoms with van der Waals surface area (Å²) in [6, 6.07) is 3.85. The Hall–Kier alpha value is -1.17. The number of ether oxygens (including phenoxy) is 1. The first-order chi connectivity index (χ1) is 9.26. The average molecular weight is 283 g/mol. The maximum absolute atomic E-state index is 5.96. The zero-order chi connectivity index (χ0) is 13.7. The zero-order valence-corrected chi connectivity index (χ0v) is 12.1. The number of methoxy groups -OCH3 is 1. The lowest BCUT2D eigenvalue weighted by Gasteiger charge is -2.17. The molecule has 0 aliphatic rings. The fourth-order valence-corrected chi connectivity index (χ4v) is 2.18. The number of aromatic nitrogens is 3. The first kappa shape index (κ1) is 14.2. The molecule has 0 aliphatic carbocycles. The summed E-state index contributed by atoms with van der Waals surface area (Å²) in [7, 11) is 3.79. The molecule has 2 aromatic rings. The molecule has 0 radical (unpaired) electrons. The van der Waals surface area contributed by atoms with Crippen LogP contribution in [-0.4, -0.2) is 53.3 Å². The third kappa shape index (κ3) is 3.43. The normalized spacial score (nSPS) is 11.6. The van der Waals surface area contributed by atoms with Crippen molar-refractivity contribution in [1.82, 2.24) is 19.4 Å². The Morgan fingerprint density at radius 2 is 2.26 bits per heavy atom. The summed E-state index contributed by atoms with van der Waals surface area (Å²) in [5.74, 6) is 1.27. The molecule has 2 heterocycles. The van der Waals surface area contributed by atoms with Crippen molar-refractivity contribution in [1.29, 1.82) is 0 Å². The summed E-state index contributed by atoms with van der Waals surface area (Å²) < 4.78 is 7.16. The molecule has 0 N–H and O–H groups in total. The predicted octanol–water partition coefficient (Wildman–Crippen LogP) is 1.75. The Morgan fingerprint density at radius 3 is 3.00 bits per heavy atom. The van der Waals surface area contributed by atoms with Gasteiger partial charge in [-0.15, -0.1) is 11.6 Å². The van der Waals surface area contributed by atoms with Gasteiger partial charge in [0.05, 0.1) is 12.5 Å². The number of likely N-dealkylation sites (N-methyl/N-ethyl adjacent to an activating group) is 1. The standard InChI is InChI=1S/C13H19ClN4O/c1-17(8-9-19-2)6-7-18-12(10-14)16-11-4-3-5-15-13(11)18/h3-5H,6-10H2,1-2H3. The summed E-state index contributed by atoms with van der Waals surface area (Å²) in [4.78, 5) is 11.1. The number of hydrogen-bond acceptors (Lipinski definition) is 4. The second-order valence-corrected chi connectivity index (χ2v) is 4.72. The van der Waals surface area contributed by atoms with E-state index in [9.17, 15) is 0 Å². The number of rotatable bonds is 7. The van der Waals surface area contributed by atoms with Crippen LogP contribution in [0.1, 0.15) is 5.82 Å². The highest BCUT2D eigenvalue weighted by molar-refractivity contribution is 6.16. The van der Waals surface area contributed by atoms with E-state index >= 15 is 0 Å². The molecule has 104 valence electrons. The summed E-state index contributed by atoms with van der Waals surface area (Å²) in [5.41, 5.74) is 1.80. The van der Waals surface area contributed by atoms with E-state index < -0.39 is 0 Å². The van der Waals surface area contributed by atoms with E-state index in [0.29, 0.717) is 5.88 Å². The monoisotopic (exact) mass is 282 g/mol. The third-order valence-electron chi connectivity index (χ3n) is 3.08. The van der Waals surface area contributed by atoms with Crippen LogP contribution < -0.4 is 0 Å². The van der Waals surface area contributed by atoms with Gasteiger partial charge in [-0.25, -0.2) is 9.97 Å². The molecule has 0 aromatic carbocycles. The molecule has 0 saturated heterocycles. The van der Waals surface area contributed by atoms with Crippen molar-refractivity contribution in [3.05, 3.63) is 24.2 Å². The van der Waals surface area contributed by atoms with E-state index in [1.807, 2.05) is 12.1 Å². The number of alkyl halides is 1. The van der Waals surface area contributed by atoms with Crippen LogP contribution in [0.5, 0.6) is 0 Å². The third-order valence-corrected chi connectivity index (χ3v) is 3.32. The molecular weight excluding hydrogens is 264 g/mol. The Morgan fingerprint density at radius 1 is 1.42 bits per heavy atom. The van der Waals surface area contributed by atoms with Crippen LogP contribution in [0.3, 0.4) is 0 Å². The Labute approximate surface area is 118 Å². The largest absolute Gasteiger partial charge is 0.383 e. The Kier molecular flexibility index (Phi) is 5.13. The molecule has 19 heavy (non-hydrogen) atoms. The topological polar surface area (TPSA) is 43.2 Å². The van der Waals surface area contributed by atoms with Gasteiger partial charge in [-0.2, -0.15) is 0 Å². The molecule has 0 spiro atoms. The molecule has 0 saturated carbocycles. The number of fused-ring (bicyclic) bond motifs is 1. The maximum atomic E-state index is 5.96. The van der Waals surface area contributed by atoms with Gasteiger partial charge < -0.3 is 14.2 Å². The summed E-state index contributed by atoms with van der Waals surface area (Å²) in [6.07, 6.45) is 1.78. The van der Waals surface area contributed by atoms with Crippen molar-refractivity contribution in [3.8, 4) is 0 Å². The second kappa shape index (κ2) is 6.84. The Balaban J connectivity index is 2.10. The van der Waals surface area contributed by atoms with Crippen LogP contribution in [0.25, 0.3) is 11.2 Å². The van der Waals surface area contributed by atoms with Gasteiger partial charge in [0.15, 0.2) is 5.65 Å². The van der Waals surface area contributed by atoms with E-state index in [2.05, 4.69) is 26.5 Å². The molecule has 5 nitrogen and oxygen atoms in total. The van der Waals surface area contributed by atoms with Crippen molar-refractivity contribution >= 4 is 22.8 Å². The lowest BCUT2D eigenvalue weighted by atomic mass is 10.4. The highest BCUT2D eigenvalue weighted by Crippen LogP contribution is 2.14.